The van der Waals surface area contributed by atoms with E-state index in [1.54, 1.807) is 0 Å². The van der Waals surface area contributed by atoms with Crippen LogP contribution in [0.1, 0.15) is 32.1 Å². The number of rotatable bonds is 4. The highest BCUT2D eigenvalue weighted by Gasteiger charge is 2.40. The maximum absolute atomic E-state index is 11.7. The highest BCUT2D eigenvalue weighted by atomic mass is 16.4. The van der Waals surface area contributed by atoms with Gasteiger partial charge in [-0.25, -0.2) is 0 Å². The molecule has 0 aromatic rings. The average Bonchev–Trinajstić information content (AvgIpc) is 2.30. The van der Waals surface area contributed by atoms with Gasteiger partial charge in [0.15, 0.2) is 5.66 Å². The van der Waals surface area contributed by atoms with E-state index in [9.17, 15) is 9.59 Å². The Kier molecular flexibility index (Phi) is 3.10. The molecule has 0 saturated heterocycles. The van der Waals surface area contributed by atoms with Crippen LogP contribution in [-0.4, -0.2) is 34.7 Å². The van der Waals surface area contributed by atoms with Crippen molar-refractivity contribution in [1.29, 1.82) is 0 Å². The van der Waals surface area contributed by atoms with Crippen molar-refractivity contribution in [2.75, 3.05) is 0 Å². The second kappa shape index (κ2) is 4.40. The molecule has 1 saturated carbocycles. The number of aliphatic carboxylic acids is 1. The van der Waals surface area contributed by atoms with Crippen LogP contribution in [0.5, 0.6) is 0 Å². The highest BCUT2D eigenvalue weighted by molar-refractivity contribution is 5.84. The van der Waals surface area contributed by atoms with Gasteiger partial charge in [0.05, 0.1) is 12.5 Å². The predicted octanol–water partition coefficient (Wildman–Crippen LogP) is 0.00930. The lowest BCUT2D eigenvalue weighted by molar-refractivity contribution is -0.140. The summed E-state index contributed by atoms with van der Waals surface area (Å²) in [6.45, 7) is 0. The van der Waals surface area contributed by atoms with E-state index in [1.807, 2.05) is 0 Å². The second-order valence-corrected chi connectivity index (χ2v) is 4.68. The molecule has 1 fully saturated rings. The molecule has 94 valence electrons. The van der Waals surface area contributed by atoms with Crippen molar-refractivity contribution in [2.24, 2.45) is 16.0 Å². The molecule has 2 heterocycles. The van der Waals surface area contributed by atoms with Crippen LogP contribution >= 0.6 is 0 Å². The van der Waals surface area contributed by atoms with Crippen molar-refractivity contribution >= 4 is 11.9 Å². The lowest BCUT2D eigenvalue weighted by atomic mass is 9.85. The van der Waals surface area contributed by atoms with Gasteiger partial charge in [0.1, 0.15) is 6.04 Å². The Bertz CT molecular complexity index is 361. The number of hydrogen-bond acceptors (Lipinski definition) is 5. The third-order valence-electron chi connectivity index (χ3n) is 3.29. The minimum absolute atomic E-state index is 0.226. The topological polar surface area (TPSA) is 117 Å². The number of nitrogens with two attached hydrogens (primary N) is 1. The number of azo groups is 1. The number of carbonyl (C=O) groups excluding carboxylic acids is 1. The number of carbonyl (C=O) groups is 2. The number of nitrogens with one attached hydrogen (secondary N) is 1. The van der Waals surface area contributed by atoms with Gasteiger partial charge in [-0.05, 0) is 25.7 Å². The van der Waals surface area contributed by atoms with Gasteiger partial charge >= 0.3 is 5.97 Å². The van der Waals surface area contributed by atoms with E-state index in [0.29, 0.717) is 6.04 Å². The summed E-state index contributed by atoms with van der Waals surface area (Å²) in [6.07, 6.45) is 3.17. The van der Waals surface area contributed by atoms with Gasteiger partial charge in [0.25, 0.3) is 0 Å². The first-order valence-corrected chi connectivity index (χ1v) is 5.72. The highest BCUT2D eigenvalue weighted by Crippen LogP contribution is 2.36. The molecule has 7 nitrogen and oxygen atoms in total. The van der Waals surface area contributed by atoms with Gasteiger partial charge in [-0.3, -0.25) is 9.59 Å². The molecule has 1 atom stereocenters. The van der Waals surface area contributed by atoms with E-state index >= 15 is 0 Å². The molecule has 3 rings (SSSR count). The Balaban J connectivity index is 1.92. The Morgan fingerprint density at radius 3 is 2.59 bits per heavy atom. The van der Waals surface area contributed by atoms with Gasteiger partial charge in [0.2, 0.25) is 5.91 Å². The number of nitrogens with zero attached hydrogens (tertiary/aromatic N) is 2. The van der Waals surface area contributed by atoms with Gasteiger partial charge < -0.3 is 16.2 Å². The van der Waals surface area contributed by atoms with Crippen molar-refractivity contribution in [1.82, 2.24) is 5.32 Å². The zero-order valence-corrected chi connectivity index (χ0v) is 9.43. The van der Waals surface area contributed by atoms with E-state index in [1.165, 1.54) is 0 Å². The van der Waals surface area contributed by atoms with Crippen molar-refractivity contribution < 1.29 is 14.7 Å². The van der Waals surface area contributed by atoms with Crippen molar-refractivity contribution in [3.8, 4) is 0 Å². The number of carboxylic acids is 1. The van der Waals surface area contributed by atoms with Crippen molar-refractivity contribution in [3.05, 3.63) is 0 Å². The van der Waals surface area contributed by atoms with Crippen LogP contribution in [0, 0.1) is 0 Å². The third kappa shape index (κ3) is 2.60. The first-order valence-electron chi connectivity index (χ1n) is 5.72. The molecule has 7 heteroatoms. The summed E-state index contributed by atoms with van der Waals surface area (Å²) in [5.41, 5.74) is 4.70. The summed E-state index contributed by atoms with van der Waals surface area (Å²) in [4.78, 5) is 22.2. The molecule has 0 aromatic carbocycles. The molecule has 2 aliphatic heterocycles. The Morgan fingerprint density at radius 1 is 1.47 bits per heavy atom. The Morgan fingerprint density at radius 2 is 2.12 bits per heavy atom. The van der Waals surface area contributed by atoms with Crippen LogP contribution in [0.3, 0.4) is 0 Å². The fourth-order valence-corrected chi connectivity index (χ4v) is 2.24. The standard InChI is InChI=1S/C10H16N4O3/c11-7(9(16)17)5-8(15)12-10-3-1-6(2-4-10)13-14-10/h6-7H,1-5,11H2,(H,12,15)(H,16,17). The van der Waals surface area contributed by atoms with E-state index in [4.69, 9.17) is 10.8 Å². The van der Waals surface area contributed by atoms with Gasteiger partial charge in [-0.15, -0.1) is 0 Å². The number of fused-ring (bicyclic) bond motifs is 2. The second-order valence-electron chi connectivity index (χ2n) is 4.68. The van der Waals surface area contributed by atoms with E-state index in [-0.39, 0.29) is 12.3 Å². The molecule has 1 amide bonds. The van der Waals surface area contributed by atoms with E-state index < -0.39 is 17.7 Å². The zero-order valence-electron chi connectivity index (χ0n) is 9.43. The normalized spacial score (nSPS) is 32.2. The summed E-state index contributed by atoms with van der Waals surface area (Å²) in [5.74, 6) is -1.55. The van der Waals surface area contributed by atoms with Crippen LogP contribution in [-0.2, 0) is 9.59 Å². The predicted molar refractivity (Wildman–Crippen MR) is 58.2 cm³/mol. The van der Waals surface area contributed by atoms with Crippen molar-refractivity contribution in [3.63, 3.8) is 0 Å². The summed E-state index contributed by atoms with van der Waals surface area (Å²) in [5, 5.41) is 19.6. The smallest absolute Gasteiger partial charge is 0.321 e. The summed E-state index contributed by atoms with van der Waals surface area (Å²) < 4.78 is 0. The molecular formula is C10H16N4O3. The Labute approximate surface area is 98.5 Å². The lowest BCUT2D eigenvalue weighted by Crippen LogP contribution is -2.53. The van der Waals surface area contributed by atoms with Crippen LogP contribution < -0.4 is 11.1 Å². The number of amides is 1. The maximum atomic E-state index is 11.7. The average molecular weight is 240 g/mol. The number of hydrogen-bond donors (Lipinski definition) is 3. The molecule has 0 aromatic heterocycles. The third-order valence-corrected chi connectivity index (χ3v) is 3.29. The van der Waals surface area contributed by atoms with Gasteiger partial charge in [-0.2, -0.15) is 10.2 Å². The van der Waals surface area contributed by atoms with Crippen LogP contribution in [0.4, 0.5) is 0 Å². The van der Waals surface area contributed by atoms with Crippen LogP contribution in [0.15, 0.2) is 10.2 Å². The summed E-state index contributed by atoms with van der Waals surface area (Å²) in [7, 11) is 0. The summed E-state index contributed by atoms with van der Waals surface area (Å²) >= 11 is 0. The summed E-state index contributed by atoms with van der Waals surface area (Å²) in [6, 6.07) is -0.863. The number of carboxylic acid groups (broad SMARTS) is 1. The Hall–Kier alpha value is -1.50. The molecular weight excluding hydrogens is 224 g/mol. The molecule has 1 aliphatic carbocycles. The minimum Gasteiger partial charge on any atom is -0.480 e. The van der Waals surface area contributed by atoms with Gasteiger partial charge in [0, 0.05) is 0 Å². The van der Waals surface area contributed by atoms with Gasteiger partial charge in [-0.1, -0.05) is 0 Å². The van der Waals surface area contributed by atoms with Crippen LogP contribution in [0.25, 0.3) is 0 Å². The zero-order chi connectivity index (χ0) is 12.5. The SMILES string of the molecule is NC(CC(=O)NC12CCC(CC1)N=N2)C(=O)O. The molecule has 1 unspecified atom stereocenters. The quantitative estimate of drug-likeness (QED) is 0.641. The minimum atomic E-state index is -1.17. The molecule has 0 radical (unpaired) electrons. The molecule has 4 N–H and O–H groups in total. The molecule has 2 bridgehead atoms. The van der Waals surface area contributed by atoms with E-state index in [0.717, 1.165) is 25.7 Å². The van der Waals surface area contributed by atoms with Crippen LogP contribution in [0.2, 0.25) is 0 Å². The maximum Gasteiger partial charge on any atom is 0.321 e. The molecule has 17 heavy (non-hydrogen) atoms. The molecule has 3 aliphatic rings. The first-order chi connectivity index (χ1) is 8.01. The lowest BCUT2D eigenvalue weighted by Gasteiger charge is -2.39. The molecule has 0 spiro atoms. The monoisotopic (exact) mass is 240 g/mol. The fraction of sp³-hybridized carbons (Fsp3) is 0.800. The largest absolute Gasteiger partial charge is 0.480 e. The van der Waals surface area contributed by atoms with Crippen molar-refractivity contribution in [2.45, 2.75) is 49.9 Å². The first kappa shape index (κ1) is 12.0. The fourth-order valence-electron chi connectivity index (χ4n) is 2.24. The van der Waals surface area contributed by atoms with E-state index in [2.05, 4.69) is 15.5 Å².